The maximum absolute atomic E-state index is 12.0. The quantitative estimate of drug-likeness (QED) is 0.712. The first kappa shape index (κ1) is 13.9. The van der Waals surface area contributed by atoms with Gasteiger partial charge in [-0.15, -0.1) is 0 Å². The highest BCUT2D eigenvalue weighted by Gasteiger charge is 2.30. The van der Waals surface area contributed by atoms with Crippen LogP contribution >= 0.6 is 0 Å². The van der Waals surface area contributed by atoms with E-state index in [1.807, 2.05) is 14.0 Å². The van der Waals surface area contributed by atoms with Gasteiger partial charge in [-0.05, 0) is 32.9 Å². The summed E-state index contributed by atoms with van der Waals surface area (Å²) < 4.78 is 28.1. The monoisotopic (exact) mass is 249 g/mol. The molecule has 1 aliphatic rings. The summed E-state index contributed by atoms with van der Waals surface area (Å²) >= 11 is 0. The molecule has 1 saturated heterocycles. The molecule has 0 amide bonds. The van der Waals surface area contributed by atoms with Crippen LogP contribution in [0.4, 0.5) is 0 Å². The van der Waals surface area contributed by atoms with Gasteiger partial charge in [0.1, 0.15) is 0 Å². The van der Waals surface area contributed by atoms with Gasteiger partial charge in [0.2, 0.25) is 0 Å². The number of piperidine rings is 1. The maximum Gasteiger partial charge on any atom is 0.279 e. The van der Waals surface area contributed by atoms with Crippen LogP contribution < -0.4 is 10.0 Å². The molecule has 0 radical (unpaired) electrons. The van der Waals surface area contributed by atoms with Gasteiger partial charge >= 0.3 is 0 Å². The molecule has 1 heterocycles. The van der Waals surface area contributed by atoms with E-state index in [0.29, 0.717) is 13.1 Å². The van der Waals surface area contributed by atoms with E-state index >= 15 is 0 Å². The van der Waals surface area contributed by atoms with Crippen molar-refractivity contribution < 1.29 is 8.42 Å². The van der Waals surface area contributed by atoms with Crippen molar-refractivity contribution in [1.82, 2.24) is 14.3 Å². The number of nitrogens with zero attached hydrogens (tertiary/aromatic N) is 1. The highest BCUT2D eigenvalue weighted by molar-refractivity contribution is 7.87. The molecule has 1 atom stereocenters. The van der Waals surface area contributed by atoms with E-state index < -0.39 is 10.2 Å². The first-order chi connectivity index (χ1) is 7.61. The zero-order valence-corrected chi connectivity index (χ0v) is 11.0. The van der Waals surface area contributed by atoms with Crippen molar-refractivity contribution in [2.45, 2.75) is 38.6 Å². The van der Waals surface area contributed by atoms with Crippen LogP contribution in [0, 0.1) is 0 Å². The first-order valence-electron chi connectivity index (χ1n) is 6.03. The molecule has 2 N–H and O–H groups in total. The van der Waals surface area contributed by atoms with Crippen LogP contribution in [0.15, 0.2) is 0 Å². The third kappa shape index (κ3) is 3.69. The second kappa shape index (κ2) is 6.54. The van der Waals surface area contributed by atoms with Crippen molar-refractivity contribution in [1.29, 1.82) is 0 Å². The normalized spacial score (nSPS) is 23.5. The molecule has 96 valence electrons. The number of rotatable bonds is 6. The van der Waals surface area contributed by atoms with Gasteiger partial charge in [-0.25, -0.2) is 4.72 Å². The van der Waals surface area contributed by atoms with Gasteiger partial charge in [0.25, 0.3) is 10.2 Å². The molecule has 0 bridgehead atoms. The van der Waals surface area contributed by atoms with E-state index in [0.717, 1.165) is 32.2 Å². The van der Waals surface area contributed by atoms with Crippen LogP contribution in [0.2, 0.25) is 0 Å². The minimum absolute atomic E-state index is 0.158. The molecule has 1 aliphatic heterocycles. The summed E-state index contributed by atoms with van der Waals surface area (Å²) in [5.74, 6) is 0. The Labute approximate surface area is 98.8 Å². The van der Waals surface area contributed by atoms with Crippen molar-refractivity contribution in [3.63, 3.8) is 0 Å². The summed E-state index contributed by atoms with van der Waals surface area (Å²) in [5, 5.41) is 3.08. The van der Waals surface area contributed by atoms with Gasteiger partial charge < -0.3 is 5.32 Å². The Bertz CT molecular complexity index is 292. The van der Waals surface area contributed by atoms with Gasteiger partial charge in [-0.2, -0.15) is 12.7 Å². The molecule has 0 saturated carbocycles. The molecule has 6 heteroatoms. The van der Waals surface area contributed by atoms with Crippen molar-refractivity contribution in [3.05, 3.63) is 0 Å². The smallest absolute Gasteiger partial charge is 0.279 e. The Morgan fingerprint density at radius 2 is 2.12 bits per heavy atom. The SMILES string of the molecule is CCNS(=O)(=O)N1CCCCC1CCNC. The molecule has 1 fully saturated rings. The van der Waals surface area contributed by atoms with Crippen molar-refractivity contribution in [2.75, 3.05) is 26.7 Å². The molecule has 16 heavy (non-hydrogen) atoms. The predicted molar refractivity (Wildman–Crippen MR) is 65.5 cm³/mol. The van der Waals surface area contributed by atoms with E-state index in [4.69, 9.17) is 0 Å². The van der Waals surface area contributed by atoms with E-state index in [9.17, 15) is 8.42 Å². The zero-order chi connectivity index (χ0) is 12.0. The molecule has 0 aliphatic carbocycles. The van der Waals surface area contributed by atoms with Gasteiger partial charge in [0.05, 0.1) is 0 Å². The first-order valence-corrected chi connectivity index (χ1v) is 7.47. The maximum atomic E-state index is 12.0. The summed E-state index contributed by atoms with van der Waals surface area (Å²) in [6.45, 7) is 3.79. The molecule has 1 unspecified atom stereocenters. The van der Waals surface area contributed by atoms with Crippen LogP contribution in [0.1, 0.15) is 32.6 Å². The lowest BCUT2D eigenvalue weighted by Crippen LogP contribution is -2.49. The van der Waals surface area contributed by atoms with Crippen molar-refractivity contribution in [2.24, 2.45) is 0 Å². The Morgan fingerprint density at radius 1 is 1.38 bits per heavy atom. The molecule has 0 aromatic rings. The molecular weight excluding hydrogens is 226 g/mol. The van der Waals surface area contributed by atoms with Crippen LogP contribution in [-0.4, -0.2) is 45.4 Å². The Morgan fingerprint density at radius 3 is 2.75 bits per heavy atom. The topological polar surface area (TPSA) is 61.4 Å². The fraction of sp³-hybridized carbons (Fsp3) is 1.00. The van der Waals surface area contributed by atoms with E-state index in [-0.39, 0.29) is 6.04 Å². The molecule has 0 aromatic carbocycles. The fourth-order valence-electron chi connectivity index (χ4n) is 2.16. The summed E-state index contributed by atoms with van der Waals surface area (Å²) in [6, 6.07) is 0.158. The van der Waals surface area contributed by atoms with Crippen LogP contribution in [-0.2, 0) is 10.2 Å². The lowest BCUT2D eigenvalue weighted by Gasteiger charge is -2.34. The molecule has 1 rings (SSSR count). The highest BCUT2D eigenvalue weighted by Crippen LogP contribution is 2.21. The average molecular weight is 249 g/mol. The van der Waals surface area contributed by atoms with Gasteiger partial charge in [0.15, 0.2) is 0 Å². The zero-order valence-electron chi connectivity index (χ0n) is 10.2. The Kier molecular flexibility index (Phi) is 5.68. The van der Waals surface area contributed by atoms with Crippen molar-refractivity contribution in [3.8, 4) is 0 Å². The lowest BCUT2D eigenvalue weighted by molar-refractivity contribution is 0.238. The molecular formula is C10H23N3O2S. The Hall–Kier alpha value is -0.170. The molecule has 0 aromatic heterocycles. The van der Waals surface area contributed by atoms with Crippen LogP contribution in [0.25, 0.3) is 0 Å². The third-order valence-corrected chi connectivity index (χ3v) is 4.69. The standard InChI is InChI=1S/C10H23N3O2S/c1-3-12-16(14,15)13-9-5-4-6-10(13)7-8-11-2/h10-12H,3-9H2,1-2H3. The number of hydrogen-bond donors (Lipinski definition) is 2. The van der Waals surface area contributed by atoms with E-state index in [1.54, 1.807) is 4.31 Å². The predicted octanol–water partition coefficient (Wildman–Crippen LogP) is 0.305. The summed E-state index contributed by atoms with van der Waals surface area (Å²) in [6.07, 6.45) is 3.97. The van der Waals surface area contributed by atoms with Crippen molar-refractivity contribution >= 4 is 10.2 Å². The fourth-order valence-corrected chi connectivity index (χ4v) is 3.66. The average Bonchev–Trinajstić information content (AvgIpc) is 2.26. The van der Waals surface area contributed by atoms with E-state index in [1.165, 1.54) is 0 Å². The summed E-state index contributed by atoms with van der Waals surface area (Å²) in [5.41, 5.74) is 0. The Balaban J connectivity index is 2.65. The van der Waals surface area contributed by atoms with Gasteiger partial charge in [-0.1, -0.05) is 13.3 Å². The lowest BCUT2D eigenvalue weighted by atomic mass is 10.0. The highest BCUT2D eigenvalue weighted by atomic mass is 32.2. The largest absolute Gasteiger partial charge is 0.320 e. The van der Waals surface area contributed by atoms with E-state index in [2.05, 4.69) is 10.0 Å². The summed E-state index contributed by atoms with van der Waals surface area (Å²) in [7, 11) is -1.36. The van der Waals surface area contributed by atoms with Crippen LogP contribution in [0.3, 0.4) is 0 Å². The second-order valence-electron chi connectivity index (χ2n) is 4.16. The molecule has 0 spiro atoms. The minimum atomic E-state index is -3.26. The molecule has 5 nitrogen and oxygen atoms in total. The minimum Gasteiger partial charge on any atom is -0.320 e. The number of nitrogens with one attached hydrogen (secondary N) is 2. The second-order valence-corrected chi connectivity index (χ2v) is 5.86. The summed E-state index contributed by atoms with van der Waals surface area (Å²) in [4.78, 5) is 0. The van der Waals surface area contributed by atoms with Gasteiger partial charge in [-0.3, -0.25) is 0 Å². The van der Waals surface area contributed by atoms with Gasteiger partial charge in [0, 0.05) is 19.1 Å². The third-order valence-electron chi connectivity index (χ3n) is 2.94. The number of hydrogen-bond acceptors (Lipinski definition) is 3. The van der Waals surface area contributed by atoms with Crippen LogP contribution in [0.5, 0.6) is 0 Å².